The zero-order valence-electron chi connectivity index (χ0n) is 20.4. The number of nitrogens with zero attached hydrogens (tertiary/aromatic N) is 3. The third kappa shape index (κ3) is 4.90. The fraction of sp³-hybridized carbons (Fsp3) is 0.250. The average molecular weight is 502 g/mol. The molecule has 1 atom stereocenters. The number of amides is 1. The Hall–Kier alpha value is -3.91. The molecule has 7 nitrogen and oxygen atoms in total. The lowest BCUT2D eigenvalue weighted by Gasteiger charge is -2.33. The molecule has 0 radical (unpaired) electrons. The molecule has 36 heavy (non-hydrogen) atoms. The van der Waals surface area contributed by atoms with Crippen LogP contribution in [0, 0.1) is 6.92 Å². The van der Waals surface area contributed by atoms with E-state index in [9.17, 15) is 4.79 Å². The molecule has 0 saturated carbocycles. The van der Waals surface area contributed by atoms with Crippen LogP contribution >= 0.6 is 11.3 Å². The van der Waals surface area contributed by atoms with Crippen LogP contribution in [0.5, 0.6) is 17.2 Å². The lowest BCUT2D eigenvalue weighted by Crippen LogP contribution is -2.45. The van der Waals surface area contributed by atoms with Gasteiger partial charge in [0.2, 0.25) is 0 Å². The Morgan fingerprint density at radius 2 is 1.89 bits per heavy atom. The van der Waals surface area contributed by atoms with Crippen molar-refractivity contribution in [1.29, 1.82) is 0 Å². The second-order valence-electron chi connectivity index (χ2n) is 8.45. The summed E-state index contributed by atoms with van der Waals surface area (Å²) < 4.78 is 16.9. The van der Waals surface area contributed by atoms with Crippen LogP contribution < -0.4 is 19.1 Å². The number of thiazole rings is 1. The van der Waals surface area contributed by atoms with Crippen molar-refractivity contribution in [2.75, 3.05) is 25.2 Å². The Kier molecular flexibility index (Phi) is 6.86. The van der Waals surface area contributed by atoms with Crippen molar-refractivity contribution in [2.45, 2.75) is 26.4 Å². The number of methoxy groups -OCH3 is 1. The van der Waals surface area contributed by atoms with E-state index in [-0.39, 0.29) is 5.91 Å². The number of aromatic nitrogens is 2. The van der Waals surface area contributed by atoms with E-state index in [4.69, 9.17) is 19.2 Å². The minimum Gasteiger partial charge on any atom is -0.497 e. The van der Waals surface area contributed by atoms with Crippen LogP contribution in [-0.2, 0) is 4.79 Å². The maximum atomic E-state index is 13.1. The van der Waals surface area contributed by atoms with Gasteiger partial charge in [0.05, 0.1) is 30.8 Å². The number of hydrogen-bond donors (Lipinski definition) is 0. The smallest absolute Gasteiger partial charge is 0.267 e. The molecule has 0 aliphatic carbocycles. The molecule has 8 heteroatoms. The highest BCUT2D eigenvalue weighted by Crippen LogP contribution is 2.40. The molecule has 0 N–H and O–H groups in total. The summed E-state index contributed by atoms with van der Waals surface area (Å²) in [5.41, 5.74) is 3.43. The maximum absolute atomic E-state index is 13.1. The van der Waals surface area contributed by atoms with E-state index in [1.807, 2.05) is 60.7 Å². The number of pyridine rings is 1. The topological polar surface area (TPSA) is 73.8 Å². The first-order valence-electron chi connectivity index (χ1n) is 11.8. The second kappa shape index (κ2) is 10.4. The van der Waals surface area contributed by atoms with Crippen molar-refractivity contribution >= 4 is 22.9 Å². The molecule has 0 bridgehead atoms. The van der Waals surface area contributed by atoms with E-state index < -0.39 is 6.10 Å². The first kappa shape index (κ1) is 23.8. The first-order valence-corrected chi connectivity index (χ1v) is 12.6. The van der Waals surface area contributed by atoms with Gasteiger partial charge in [-0.3, -0.25) is 9.78 Å². The van der Waals surface area contributed by atoms with E-state index >= 15 is 0 Å². The lowest BCUT2D eigenvalue weighted by molar-refractivity contribution is -0.125. The third-order valence-corrected chi connectivity index (χ3v) is 6.97. The molecule has 1 unspecified atom stereocenters. The normalized spacial score (nSPS) is 14.8. The minimum absolute atomic E-state index is 0.0618. The van der Waals surface area contributed by atoms with Gasteiger partial charge in [0.1, 0.15) is 22.3 Å². The Labute approximate surface area is 214 Å². The fourth-order valence-corrected chi connectivity index (χ4v) is 5.05. The minimum atomic E-state index is -0.539. The molecule has 0 saturated heterocycles. The standard InChI is InChI=1S/C28H27N3O4S/c1-18-28(32)31(15-6-16-34-22-11-9-21(33-3)10-12-22)24-17-20(8-13-25(24)35-18)26-19(2)36-27(30-26)23-7-4-5-14-29-23/h4-5,7-14,17-18H,6,15-16H2,1-3H3. The molecule has 0 spiro atoms. The number of ether oxygens (including phenoxy) is 3. The van der Waals surface area contributed by atoms with Crippen LogP contribution in [-0.4, -0.2) is 42.2 Å². The van der Waals surface area contributed by atoms with Gasteiger partial charge in [-0.1, -0.05) is 6.07 Å². The summed E-state index contributed by atoms with van der Waals surface area (Å²) >= 11 is 1.61. The Morgan fingerprint density at radius 3 is 2.64 bits per heavy atom. The summed E-state index contributed by atoms with van der Waals surface area (Å²) in [4.78, 5) is 25.2. The van der Waals surface area contributed by atoms with Gasteiger partial charge in [-0.2, -0.15) is 0 Å². The molecule has 1 aliphatic heterocycles. The number of anilines is 1. The molecule has 0 fully saturated rings. The fourth-order valence-electron chi connectivity index (χ4n) is 4.13. The van der Waals surface area contributed by atoms with Crippen molar-refractivity contribution in [2.24, 2.45) is 0 Å². The van der Waals surface area contributed by atoms with Crippen molar-refractivity contribution in [3.63, 3.8) is 0 Å². The van der Waals surface area contributed by atoms with Crippen LogP contribution in [0.2, 0.25) is 0 Å². The van der Waals surface area contributed by atoms with E-state index in [0.717, 1.165) is 44.0 Å². The van der Waals surface area contributed by atoms with Gasteiger partial charge in [0.15, 0.2) is 6.10 Å². The Bertz CT molecular complexity index is 1360. The zero-order chi connectivity index (χ0) is 25.1. The van der Waals surface area contributed by atoms with Crippen LogP contribution in [0.15, 0.2) is 66.9 Å². The van der Waals surface area contributed by atoms with E-state index in [0.29, 0.717) is 25.3 Å². The molecule has 3 heterocycles. The highest BCUT2D eigenvalue weighted by Gasteiger charge is 2.31. The van der Waals surface area contributed by atoms with Gasteiger partial charge in [-0.15, -0.1) is 11.3 Å². The molecule has 1 amide bonds. The average Bonchev–Trinajstić information content (AvgIpc) is 3.30. The van der Waals surface area contributed by atoms with Crippen molar-refractivity contribution in [3.8, 4) is 39.2 Å². The van der Waals surface area contributed by atoms with E-state index in [1.165, 1.54) is 0 Å². The number of carbonyl (C=O) groups excluding carboxylic acids is 1. The van der Waals surface area contributed by atoms with Gasteiger partial charge >= 0.3 is 0 Å². The summed E-state index contributed by atoms with van der Waals surface area (Å²) in [5.74, 6) is 2.18. The van der Waals surface area contributed by atoms with Crippen molar-refractivity contribution < 1.29 is 19.0 Å². The molecule has 2 aromatic carbocycles. The molecular weight excluding hydrogens is 474 g/mol. The molecule has 4 aromatic rings. The zero-order valence-corrected chi connectivity index (χ0v) is 21.2. The van der Waals surface area contributed by atoms with Crippen LogP contribution in [0.4, 0.5) is 5.69 Å². The van der Waals surface area contributed by atoms with Crippen LogP contribution in [0.1, 0.15) is 18.2 Å². The van der Waals surface area contributed by atoms with Gasteiger partial charge in [-0.05, 0) is 74.9 Å². The number of rotatable bonds is 8. The first-order chi connectivity index (χ1) is 17.5. The number of hydrogen-bond acceptors (Lipinski definition) is 7. The lowest BCUT2D eigenvalue weighted by atomic mass is 10.1. The van der Waals surface area contributed by atoms with Crippen molar-refractivity contribution in [3.05, 3.63) is 71.7 Å². The highest BCUT2D eigenvalue weighted by atomic mass is 32.1. The Morgan fingerprint density at radius 1 is 1.08 bits per heavy atom. The summed E-state index contributed by atoms with van der Waals surface area (Å²) in [7, 11) is 1.63. The number of aryl methyl sites for hydroxylation is 1. The van der Waals surface area contributed by atoms with Gasteiger partial charge in [0.25, 0.3) is 5.91 Å². The summed E-state index contributed by atoms with van der Waals surface area (Å²) in [6.07, 6.45) is 1.90. The second-order valence-corrected chi connectivity index (χ2v) is 9.65. The van der Waals surface area contributed by atoms with Crippen molar-refractivity contribution in [1.82, 2.24) is 9.97 Å². The number of fused-ring (bicyclic) bond motifs is 1. The van der Waals surface area contributed by atoms with E-state index in [1.54, 1.807) is 36.5 Å². The molecule has 1 aliphatic rings. The Balaban J connectivity index is 1.34. The quantitative estimate of drug-likeness (QED) is 0.285. The molecule has 184 valence electrons. The maximum Gasteiger partial charge on any atom is 0.267 e. The van der Waals surface area contributed by atoms with Gasteiger partial charge in [-0.25, -0.2) is 4.98 Å². The molecule has 5 rings (SSSR count). The third-order valence-electron chi connectivity index (χ3n) is 5.98. The van der Waals surface area contributed by atoms with E-state index in [2.05, 4.69) is 11.9 Å². The van der Waals surface area contributed by atoms with Gasteiger partial charge in [0, 0.05) is 23.2 Å². The predicted octanol–water partition coefficient (Wildman–Crippen LogP) is 5.77. The summed E-state index contributed by atoms with van der Waals surface area (Å²) in [5, 5.41) is 0.870. The molecule has 2 aromatic heterocycles. The van der Waals surface area contributed by atoms with Crippen LogP contribution in [0.3, 0.4) is 0 Å². The highest BCUT2D eigenvalue weighted by molar-refractivity contribution is 7.15. The number of benzene rings is 2. The number of carbonyl (C=O) groups is 1. The largest absolute Gasteiger partial charge is 0.497 e. The monoisotopic (exact) mass is 501 g/mol. The summed E-state index contributed by atoms with van der Waals surface area (Å²) in [6.45, 7) is 4.84. The SMILES string of the molecule is COc1ccc(OCCCN2C(=O)C(C)Oc3ccc(-c4nc(-c5ccccn5)sc4C)cc32)cc1. The molecular formula is C28H27N3O4S. The van der Waals surface area contributed by atoms with Crippen LogP contribution in [0.25, 0.3) is 22.0 Å². The van der Waals surface area contributed by atoms with Gasteiger partial charge < -0.3 is 19.1 Å². The predicted molar refractivity (Wildman–Crippen MR) is 141 cm³/mol. The summed E-state index contributed by atoms with van der Waals surface area (Å²) in [6, 6.07) is 19.2.